The second-order valence-electron chi connectivity index (χ2n) is 4.63. The number of rotatable bonds is 5. The third kappa shape index (κ3) is 3.28. The Morgan fingerprint density at radius 1 is 1.39 bits per heavy atom. The smallest absolute Gasteiger partial charge is 0.258 e. The summed E-state index contributed by atoms with van der Waals surface area (Å²) in [5.41, 5.74) is 0. The third-order valence-electron chi connectivity index (χ3n) is 3.34. The molecule has 0 spiro atoms. The molecule has 1 aromatic heterocycles. The van der Waals surface area contributed by atoms with Gasteiger partial charge in [0, 0.05) is 12.7 Å². The SMILES string of the molecule is O=S(=O)(NCC(O)C1CCCC1)c1ccccn1. The molecular formula is C12H18N2O3S. The molecule has 1 aromatic rings. The highest BCUT2D eigenvalue weighted by molar-refractivity contribution is 7.89. The number of sulfonamides is 1. The molecule has 1 aliphatic carbocycles. The molecule has 1 aliphatic rings. The van der Waals surface area contributed by atoms with Crippen molar-refractivity contribution in [1.82, 2.24) is 9.71 Å². The lowest BCUT2D eigenvalue weighted by Gasteiger charge is -2.17. The molecule has 0 saturated heterocycles. The van der Waals surface area contributed by atoms with Crippen LogP contribution in [0.25, 0.3) is 0 Å². The van der Waals surface area contributed by atoms with Gasteiger partial charge in [-0.05, 0) is 30.9 Å². The van der Waals surface area contributed by atoms with Crippen molar-refractivity contribution in [3.8, 4) is 0 Å². The van der Waals surface area contributed by atoms with Gasteiger partial charge in [0.1, 0.15) is 0 Å². The Bertz CT molecular complexity index is 469. The average molecular weight is 270 g/mol. The maximum absolute atomic E-state index is 11.9. The summed E-state index contributed by atoms with van der Waals surface area (Å²) in [4.78, 5) is 3.79. The quantitative estimate of drug-likeness (QED) is 0.833. The minimum absolute atomic E-state index is 0.0105. The Hall–Kier alpha value is -0.980. The van der Waals surface area contributed by atoms with Crippen LogP contribution < -0.4 is 4.72 Å². The maximum atomic E-state index is 11.9. The summed E-state index contributed by atoms with van der Waals surface area (Å²) in [6, 6.07) is 4.71. The number of aromatic nitrogens is 1. The van der Waals surface area contributed by atoms with Crippen LogP contribution in [0.4, 0.5) is 0 Å². The zero-order valence-electron chi connectivity index (χ0n) is 10.1. The standard InChI is InChI=1S/C12H18N2O3S/c15-11(10-5-1-2-6-10)9-14-18(16,17)12-7-3-4-8-13-12/h3-4,7-8,10-11,14-15H,1-2,5-6,9H2. The van der Waals surface area contributed by atoms with Crippen molar-refractivity contribution in [2.45, 2.75) is 36.8 Å². The van der Waals surface area contributed by atoms with Gasteiger partial charge in [0.2, 0.25) is 0 Å². The van der Waals surface area contributed by atoms with Crippen molar-refractivity contribution >= 4 is 10.0 Å². The molecule has 5 nitrogen and oxygen atoms in total. The topological polar surface area (TPSA) is 79.3 Å². The lowest BCUT2D eigenvalue weighted by molar-refractivity contribution is 0.115. The number of nitrogens with zero attached hydrogens (tertiary/aromatic N) is 1. The van der Waals surface area contributed by atoms with E-state index in [0.29, 0.717) is 0 Å². The number of aliphatic hydroxyl groups excluding tert-OH is 1. The molecule has 0 aliphatic heterocycles. The first-order valence-electron chi connectivity index (χ1n) is 6.18. The Labute approximate surface area is 107 Å². The zero-order valence-corrected chi connectivity index (χ0v) is 10.9. The Morgan fingerprint density at radius 2 is 2.11 bits per heavy atom. The van der Waals surface area contributed by atoms with Gasteiger partial charge in [0.15, 0.2) is 5.03 Å². The Balaban J connectivity index is 1.93. The summed E-state index contributed by atoms with van der Waals surface area (Å²) < 4.78 is 26.1. The molecule has 1 unspecified atom stereocenters. The molecule has 0 aromatic carbocycles. The van der Waals surface area contributed by atoms with E-state index in [9.17, 15) is 13.5 Å². The summed E-state index contributed by atoms with van der Waals surface area (Å²) in [7, 11) is -3.61. The van der Waals surface area contributed by atoms with Gasteiger partial charge >= 0.3 is 0 Å². The molecule has 18 heavy (non-hydrogen) atoms. The van der Waals surface area contributed by atoms with Gasteiger partial charge in [-0.3, -0.25) is 0 Å². The first kappa shape index (κ1) is 13.5. The number of aliphatic hydroxyl groups is 1. The molecule has 1 fully saturated rings. The van der Waals surface area contributed by atoms with Crippen LogP contribution in [-0.2, 0) is 10.0 Å². The third-order valence-corrected chi connectivity index (χ3v) is 4.68. The summed E-state index contributed by atoms with van der Waals surface area (Å²) in [6.07, 6.45) is 5.02. The highest BCUT2D eigenvalue weighted by Crippen LogP contribution is 2.27. The zero-order chi connectivity index (χ0) is 13.0. The van der Waals surface area contributed by atoms with Crippen molar-refractivity contribution in [2.75, 3.05) is 6.54 Å². The van der Waals surface area contributed by atoms with E-state index in [1.54, 1.807) is 12.1 Å². The summed E-state index contributed by atoms with van der Waals surface area (Å²) in [6.45, 7) is 0.0591. The van der Waals surface area contributed by atoms with Gasteiger partial charge in [-0.1, -0.05) is 18.9 Å². The summed E-state index contributed by atoms with van der Waals surface area (Å²) in [5.74, 6) is 0.219. The Kier molecular flexibility index (Phi) is 4.31. The fraction of sp³-hybridized carbons (Fsp3) is 0.583. The number of nitrogens with one attached hydrogen (secondary N) is 1. The van der Waals surface area contributed by atoms with Gasteiger partial charge in [-0.2, -0.15) is 0 Å². The first-order chi connectivity index (χ1) is 8.59. The van der Waals surface area contributed by atoms with E-state index >= 15 is 0 Å². The lowest BCUT2D eigenvalue weighted by atomic mass is 10.0. The van der Waals surface area contributed by atoms with Crippen LogP contribution in [0.5, 0.6) is 0 Å². The first-order valence-corrected chi connectivity index (χ1v) is 7.67. The molecule has 6 heteroatoms. The highest BCUT2D eigenvalue weighted by Gasteiger charge is 2.25. The molecular weight excluding hydrogens is 252 g/mol. The minimum Gasteiger partial charge on any atom is -0.391 e. The second kappa shape index (κ2) is 5.77. The van der Waals surface area contributed by atoms with Crippen LogP contribution in [-0.4, -0.2) is 31.2 Å². The average Bonchev–Trinajstić information content (AvgIpc) is 2.91. The van der Waals surface area contributed by atoms with E-state index in [-0.39, 0.29) is 17.5 Å². The normalized spacial score (nSPS) is 18.9. The van der Waals surface area contributed by atoms with Crippen LogP contribution in [0.3, 0.4) is 0 Å². The van der Waals surface area contributed by atoms with Crippen molar-refractivity contribution in [1.29, 1.82) is 0 Å². The number of hydrogen-bond acceptors (Lipinski definition) is 4. The van der Waals surface area contributed by atoms with Gasteiger partial charge in [0.25, 0.3) is 10.0 Å². The summed E-state index contributed by atoms with van der Waals surface area (Å²) >= 11 is 0. The van der Waals surface area contributed by atoms with E-state index in [2.05, 4.69) is 9.71 Å². The van der Waals surface area contributed by atoms with Crippen LogP contribution in [0.1, 0.15) is 25.7 Å². The van der Waals surface area contributed by atoms with Crippen LogP contribution >= 0.6 is 0 Å². The van der Waals surface area contributed by atoms with E-state index in [0.717, 1.165) is 25.7 Å². The van der Waals surface area contributed by atoms with E-state index in [1.165, 1.54) is 12.3 Å². The molecule has 0 amide bonds. The van der Waals surface area contributed by atoms with Crippen LogP contribution in [0, 0.1) is 5.92 Å². The molecule has 0 bridgehead atoms. The van der Waals surface area contributed by atoms with Crippen molar-refractivity contribution in [3.05, 3.63) is 24.4 Å². The van der Waals surface area contributed by atoms with Crippen LogP contribution in [0.15, 0.2) is 29.4 Å². The molecule has 1 atom stereocenters. The van der Waals surface area contributed by atoms with E-state index in [4.69, 9.17) is 0 Å². The molecule has 1 saturated carbocycles. The monoisotopic (exact) mass is 270 g/mol. The Morgan fingerprint density at radius 3 is 2.72 bits per heavy atom. The van der Waals surface area contributed by atoms with Crippen molar-refractivity contribution in [3.63, 3.8) is 0 Å². The minimum atomic E-state index is -3.61. The molecule has 100 valence electrons. The largest absolute Gasteiger partial charge is 0.391 e. The van der Waals surface area contributed by atoms with Crippen molar-refractivity contribution < 1.29 is 13.5 Å². The van der Waals surface area contributed by atoms with E-state index in [1.807, 2.05) is 0 Å². The summed E-state index contributed by atoms with van der Waals surface area (Å²) in [5, 5.41) is 9.90. The molecule has 1 heterocycles. The maximum Gasteiger partial charge on any atom is 0.258 e. The van der Waals surface area contributed by atoms with Gasteiger partial charge in [-0.25, -0.2) is 18.1 Å². The van der Waals surface area contributed by atoms with Gasteiger partial charge < -0.3 is 5.11 Å². The fourth-order valence-electron chi connectivity index (χ4n) is 2.28. The van der Waals surface area contributed by atoms with Gasteiger partial charge in [-0.15, -0.1) is 0 Å². The lowest BCUT2D eigenvalue weighted by Crippen LogP contribution is -2.35. The highest BCUT2D eigenvalue weighted by atomic mass is 32.2. The fourth-order valence-corrected chi connectivity index (χ4v) is 3.28. The predicted molar refractivity (Wildman–Crippen MR) is 67.4 cm³/mol. The number of pyridine rings is 1. The number of hydrogen-bond donors (Lipinski definition) is 2. The van der Waals surface area contributed by atoms with Crippen molar-refractivity contribution in [2.24, 2.45) is 5.92 Å². The molecule has 0 radical (unpaired) electrons. The predicted octanol–water partition coefficient (Wildman–Crippen LogP) is 0.911. The van der Waals surface area contributed by atoms with Crippen LogP contribution in [0.2, 0.25) is 0 Å². The second-order valence-corrected chi connectivity index (χ2v) is 6.35. The van der Waals surface area contributed by atoms with E-state index < -0.39 is 16.1 Å². The van der Waals surface area contributed by atoms with Gasteiger partial charge in [0.05, 0.1) is 6.10 Å². The molecule has 2 N–H and O–H groups in total. The molecule has 2 rings (SSSR count).